The van der Waals surface area contributed by atoms with Gasteiger partial charge in [0.05, 0.1) is 34.2 Å². The zero-order valence-electron chi connectivity index (χ0n) is 28.6. The fourth-order valence-corrected chi connectivity index (χ4v) is 6.63. The predicted molar refractivity (Wildman–Crippen MR) is 197 cm³/mol. The van der Waals surface area contributed by atoms with Crippen molar-refractivity contribution in [1.29, 1.82) is 0 Å². The molecule has 2 aromatic heterocycles. The summed E-state index contributed by atoms with van der Waals surface area (Å²) in [6.07, 6.45) is 10.1. The van der Waals surface area contributed by atoms with Crippen LogP contribution in [0.25, 0.3) is 22.1 Å². The van der Waals surface area contributed by atoms with Gasteiger partial charge in [0.15, 0.2) is 0 Å². The third kappa shape index (κ3) is 7.58. The van der Waals surface area contributed by atoms with Gasteiger partial charge in [-0.15, -0.1) is 0 Å². The summed E-state index contributed by atoms with van der Waals surface area (Å²) >= 11 is 0. The van der Waals surface area contributed by atoms with E-state index in [4.69, 9.17) is 19.4 Å². The molecule has 10 heteroatoms. The summed E-state index contributed by atoms with van der Waals surface area (Å²) in [5.41, 5.74) is 6.80. The minimum atomic E-state index is -0.361. The molecule has 0 unspecified atom stereocenters. The molecule has 2 fully saturated rings. The Morgan fingerprint density at radius 3 is 1.96 bits per heavy atom. The molecule has 0 bridgehead atoms. The Hall–Kier alpha value is -6.08. The molecule has 2 atom stereocenters. The van der Waals surface area contributed by atoms with Gasteiger partial charge in [-0.25, -0.2) is 19.6 Å². The van der Waals surface area contributed by atoms with E-state index in [1.165, 1.54) is 0 Å². The highest BCUT2D eigenvalue weighted by Crippen LogP contribution is 2.33. The number of aromatic amines is 2. The molecule has 5 aromatic rings. The maximum Gasteiger partial charge on any atom is 0.410 e. The molecule has 2 N–H and O–H groups in total. The van der Waals surface area contributed by atoms with E-state index in [1.54, 1.807) is 15.9 Å². The van der Waals surface area contributed by atoms with Crippen molar-refractivity contribution in [1.82, 2.24) is 29.7 Å². The number of imidazole rings is 2. The van der Waals surface area contributed by atoms with Crippen LogP contribution in [0.1, 0.15) is 73.0 Å². The number of amides is 2. The number of nitrogens with zero attached hydrogens (tertiary/aromatic N) is 4. The standard InChI is InChI=1S/C41H40N6O4/c1-3-5-11-28(4-2)26-50-40(48)46-22-9-14-36(46)38-42-32-20-18-29(24-34(32)44-38)16-17-30-19-21-33-35(25-30)45-39(43-33)37-15-10-23-47(37)41(49)51-27-31-12-7-6-8-13-31/h3-8,11-13,18-21,24-25,36-37H,2,9-10,14-15,22-23,26-27H2,1H3,(H,42,44)(H,43,45)/b5-3-,28-11+/t36-,37-/m0/s1. The second kappa shape index (κ2) is 15.2. The van der Waals surface area contributed by atoms with Gasteiger partial charge < -0.3 is 19.4 Å². The Bertz CT molecular complexity index is 2190. The lowest BCUT2D eigenvalue weighted by molar-refractivity contribution is 0.0910. The van der Waals surface area contributed by atoms with Gasteiger partial charge in [-0.2, -0.15) is 0 Å². The number of benzene rings is 3. The number of ether oxygens (including phenoxy) is 2. The zero-order valence-corrected chi connectivity index (χ0v) is 28.6. The molecule has 0 radical (unpaired) electrons. The van der Waals surface area contributed by atoms with Crippen molar-refractivity contribution in [2.24, 2.45) is 0 Å². The van der Waals surface area contributed by atoms with E-state index in [0.29, 0.717) is 13.1 Å². The Balaban J connectivity index is 1.02. The predicted octanol–water partition coefficient (Wildman–Crippen LogP) is 8.27. The van der Waals surface area contributed by atoms with Crippen molar-refractivity contribution in [2.45, 2.75) is 51.3 Å². The van der Waals surface area contributed by atoms with E-state index in [2.05, 4.69) is 28.4 Å². The van der Waals surface area contributed by atoms with Crippen molar-refractivity contribution in [3.05, 3.63) is 132 Å². The van der Waals surface area contributed by atoms with Crippen LogP contribution in [-0.4, -0.2) is 61.6 Å². The number of allylic oxidation sites excluding steroid dienone is 3. The van der Waals surface area contributed by atoms with Crippen LogP contribution < -0.4 is 0 Å². The van der Waals surface area contributed by atoms with Crippen molar-refractivity contribution < 1.29 is 19.1 Å². The fourth-order valence-electron chi connectivity index (χ4n) is 6.63. The molecule has 4 heterocycles. The Morgan fingerprint density at radius 1 is 0.843 bits per heavy atom. The maximum atomic E-state index is 13.0. The normalized spacial score (nSPS) is 17.6. The third-order valence-corrected chi connectivity index (χ3v) is 9.29. The van der Waals surface area contributed by atoms with Crippen molar-refractivity contribution in [2.75, 3.05) is 19.7 Å². The quantitative estimate of drug-likeness (QED) is 0.126. The van der Waals surface area contributed by atoms with Gasteiger partial charge in [0.1, 0.15) is 24.9 Å². The van der Waals surface area contributed by atoms with E-state index in [0.717, 1.165) is 81.7 Å². The maximum absolute atomic E-state index is 13.0. The van der Waals surface area contributed by atoms with Gasteiger partial charge in [0, 0.05) is 24.2 Å². The number of fused-ring (bicyclic) bond motifs is 2. The Labute approximate surface area is 296 Å². The Kier molecular flexibility index (Phi) is 9.97. The number of nitrogens with one attached hydrogen (secondary N) is 2. The van der Waals surface area contributed by atoms with E-state index in [1.807, 2.05) is 91.9 Å². The van der Waals surface area contributed by atoms with Crippen molar-refractivity contribution in [3.63, 3.8) is 0 Å². The molecular weight excluding hydrogens is 640 g/mol. The number of likely N-dealkylation sites (tertiary alicyclic amines) is 2. The van der Waals surface area contributed by atoms with Crippen LogP contribution in [0.5, 0.6) is 0 Å². The smallest absolute Gasteiger partial charge is 0.410 e. The molecule has 7 rings (SSSR count). The molecule has 2 amide bonds. The van der Waals surface area contributed by atoms with E-state index >= 15 is 0 Å². The minimum absolute atomic E-state index is 0.164. The summed E-state index contributed by atoms with van der Waals surface area (Å²) in [5.74, 6) is 8.03. The average Bonchev–Trinajstić information content (AvgIpc) is 3.98. The summed E-state index contributed by atoms with van der Waals surface area (Å²) in [6, 6.07) is 21.1. The van der Waals surface area contributed by atoms with Crippen LogP contribution in [0, 0.1) is 11.8 Å². The number of H-pyrrole nitrogens is 2. The SMILES string of the molecule is C=C/C(=C\C=C/C)COC(=O)N1CCC[C@H]1c1nc2cc(C#Cc3ccc4[nH]c([C@@H]5CCCN5C(=O)OCc5ccccc5)nc4c3)ccc2[nH]1. The van der Waals surface area contributed by atoms with Crippen LogP contribution in [-0.2, 0) is 16.1 Å². The van der Waals surface area contributed by atoms with Gasteiger partial charge in [0.2, 0.25) is 0 Å². The third-order valence-electron chi connectivity index (χ3n) is 9.29. The van der Waals surface area contributed by atoms with Gasteiger partial charge in [-0.05, 0) is 80.1 Å². The van der Waals surface area contributed by atoms with Crippen LogP contribution in [0.3, 0.4) is 0 Å². The second-order valence-corrected chi connectivity index (χ2v) is 12.7. The van der Waals surface area contributed by atoms with Gasteiger partial charge in [0.25, 0.3) is 0 Å². The first-order valence-electron chi connectivity index (χ1n) is 17.4. The van der Waals surface area contributed by atoms with Gasteiger partial charge in [-0.3, -0.25) is 9.80 Å². The largest absolute Gasteiger partial charge is 0.445 e. The Morgan fingerprint density at radius 2 is 1.41 bits per heavy atom. The lowest BCUT2D eigenvalue weighted by Crippen LogP contribution is -2.32. The highest BCUT2D eigenvalue weighted by molar-refractivity contribution is 5.79. The average molecular weight is 681 g/mol. The van der Waals surface area contributed by atoms with Crippen molar-refractivity contribution >= 4 is 34.3 Å². The van der Waals surface area contributed by atoms with Gasteiger partial charge >= 0.3 is 12.2 Å². The minimum Gasteiger partial charge on any atom is -0.445 e. The highest BCUT2D eigenvalue weighted by Gasteiger charge is 2.34. The summed E-state index contributed by atoms with van der Waals surface area (Å²) in [5, 5.41) is 0. The molecule has 0 aliphatic carbocycles. The topological polar surface area (TPSA) is 116 Å². The lowest BCUT2D eigenvalue weighted by atomic mass is 10.1. The van der Waals surface area contributed by atoms with Crippen LogP contribution in [0.15, 0.2) is 103 Å². The first-order chi connectivity index (χ1) is 25.0. The summed E-state index contributed by atoms with van der Waals surface area (Å²) < 4.78 is 11.2. The molecule has 0 saturated carbocycles. The first kappa shape index (κ1) is 33.4. The van der Waals surface area contributed by atoms with E-state index in [-0.39, 0.29) is 37.5 Å². The molecule has 51 heavy (non-hydrogen) atoms. The molecule has 3 aromatic carbocycles. The van der Waals surface area contributed by atoms with Crippen LogP contribution in [0.4, 0.5) is 9.59 Å². The zero-order chi connectivity index (χ0) is 35.2. The second-order valence-electron chi connectivity index (χ2n) is 12.7. The number of carbonyl (C=O) groups is 2. The molecule has 258 valence electrons. The molecule has 2 aliphatic rings. The molecule has 0 spiro atoms. The molecular formula is C41H40N6O4. The van der Waals surface area contributed by atoms with E-state index in [9.17, 15) is 9.59 Å². The number of rotatable bonds is 8. The monoisotopic (exact) mass is 680 g/mol. The number of carbonyl (C=O) groups excluding carboxylic acids is 2. The summed E-state index contributed by atoms with van der Waals surface area (Å²) in [7, 11) is 0. The summed E-state index contributed by atoms with van der Waals surface area (Å²) in [4.78, 5) is 46.0. The molecule has 10 nitrogen and oxygen atoms in total. The highest BCUT2D eigenvalue weighted by atomic mass is 16.6. The first-order valence-corrected chi connectivity index (χ1v) is 17.4. The number of aromatic nitrogens is 4. The number of hydrogen-bond acceptors (Lipinski definition) is 6. The molecule has 2 saturated heterocycles. The van der Waals surface area contributed by atoms with Crippen LogP contribution >= 0.6 is 0 Å². The molecule has 2 aliphatic heterocycles. The lowest BCUT2D eigenvalue weighted by Gasteiger charge is -2.22. The fraction of sp³-hybridized carbons (Fsp3) is 0.268. The van der Waals surface area contributed by atoms with E-state index < -0.39 is 0 Å². The van der Waals surface area contributed by atoms with Crippen LogP contribution in [0.2, 0.25) is 0 Å². The number of hydrogen-bond donors (Lipinski definition) is 2. The van der Waals surface area contributed by atoms with Gasteiger partial charge in [-0.1, -0.05) is 73.1 Å². The summed E-state index contributed by atoms with van der Waals surface area (Å²) in [6.45, 7) is 7.38. The van der Waals surface area contributed by atoms with Crippen molar-refractivity contribution in [3.8, 4) is 11.8 Å².